The Hall–Kier alpha value is -1.04. The van der Waals surface area contributed by atoms with Gasteiger partial charge in [-0.2, -0.15) is 0 Å². The molecule has 0 N–H and O–H groups in total. The van der Waals surface area contributed by atoms with E-state index in [2.05, 4.69) is 16.9 Å². The fraction of sp³-hybridized carbons (Fsp3) is 0.667. The van der Waals surface area contributed by atoms with Crippen molar-refractivity contribution in [1.82, 2.24) is 9.97 Å². The highest BCUT2D eigenvalue weighted by Crippen LogP contribution is 2.21. The molecule has 0 amide bonds. The van der Waals surface area contributed by atoms with Crippen molar-refractivity contribution < 1.29 is 14.2 Å². The van der Waals surface area contributed by atoms with E-state index < -0.39 is 6.29 Å². The lowest BCUT2D eigenvalue weighted by molar-refractivity contribution is -0.109. The molecule has 0 saturated carbocycles. The molecule has 0 aliphatic heterocycles. The molecule has 0 saturated heterocycles. The molecule has 1 heterocycles. The van der Waals surface area contributed by atoms with Crippen LogP contribution in [0.1, 0.15) is 43.7 Å². The Labute approximate surface area is 102 Å². The van der Waals surface area contributed by atoms with E-state index in [4.69, 9.17) is 14.2 Å². The average molecular weight is 240 g/mol. The Morgan fingerprint density at radius 2 is 1.88 bits per heavy atom. The van der Waals surface area contributed by atoms with Gasteiger partial charge in [0.15, 0.2) is 5.82 Å². The maximum absolute atomic E-state index is 5.37. The monoisotopic (exact) mass is 240 g/mol. The van der Waals surface area contributed by atoms with Crippen LogP contribution in [-0.2, 0) is 14.2 Å². The molecule has 1 aromatic rings. The van der Waals surface area contributed by atoms with E-state index in [1.54, 1.807) is 33.6 Å². The lowest BCUT2D eigenvalue weighted by Crippen LogP contribution is -2.12. The minimum absolute atomic E-state index is 0.0747. The van der Waals surface area contributed by atoms with Crippen LogP contribution < -0.4 is 0 Å². The molecule has 0 aliphatic carbocycles. The van der Waals surface area contributed by atoms with Crippen LogP contribution in [0.25, 0.3) is 0 Å². The molecule has 1 unspecified atom stereocenters. The van der Waals surface area contributed by atoms with Crippen LogP contribution in [0.5, 0.6) is 0 Å². The predicted octanol–water partition coefficient (Wildman–Crippen LogP) is 2.26. The Morgan fingerprint density at radius 3 is 2.41 bits per heavy atom. The van der Waals surface area contributed by atoms with Gasteiger partial charge in [-0.1, -0.05) is 13.3 Å². The van der Waals surface area contributed by atoms with Crippen LogP contribution in [0.2, 0.25) is 0 Å². The molecule has 1 aromatic heterocycles. The van der Waals surface area contributed by atoms with Crippen molar-refractivity contribution in [3.8, 4) is 0 Å². The summed E-state index contributed by atoms with van der Waals surface area (Å²) in [7, 11) is 4.83. The molecule has 0 aliphatic rings. The fourth-order valence-electron chi connectivity index (χ4n) is 1.63. The van der Waals surface area contributed by atoms with Gasteiger partial charge in [-0.05, 0) is 12.5 Å². The zero-order valence-electron chi connectivity index (χ0n) is 10.8. The van der Waals surface area contributed by atoms with Gasteiger partial charge in [0.1, 0.15) is 11.8 Å². The van der Waals surface area contributed by atoms with Crippen molar-refractivity contribution in [3.63, 3.8) is 0 Å². The normalized spacial score (nSPS) is 13.0. The largest absolute Gasteiger partial charge is 0.373 e. The maximum Gasteiger partial charge on any atom is 0.200 e. The maximum atomic E-state index is 5.37. The lowest BCUT2D eigenvalue weighted by atomic mass is 10.2. The van der Waals surface area contributed by atoms with Gasteiger partial charge in [0.05, 0.1) is 0 Å². The second kappa shape index (κ2) is 7.32. The highest BCUT2D eigenvalue weighted by molar-refractivity contribution is 5.05. The van der Waals surface area contributed by atoms with Crippen molar-refractivity contribution >= 4 is 0 Å². The summed E-state index contributed by atoms with van der Waals surface area (Å²) in [5, 5.41) is 0. The van der Waals surface area contributed by atoms with E-state index in [0.29, 0.717) is 11.5 Å². The first-order chi connectivity index (χ1) is 8.26. The van der Waals surface area contributed by atoms with E-state index in [9.17, 15) is 0 Å². The first-order valence-electron chi connectivity index (χ1n) is 5.68. The minimum Gasteiger partial charge on any atom is -0.373 e. The molecule has 0 aromatic carbocycles. The molecule has 17 heavy (non-hydrogen) atoms. The summed E-state index contributed by atoms with van der Waals surface area (Å²) < 4.78 is 15.7. The average Bonchev–Trinajstić information content (AvgIpc) is 2.38. The zero-order valence-corrected chi connectivity index (χ0v) is 10.8. The van der Waals surface area contributed by atoms with Crippen LogP contribution >= 0.6 is 0 Å². The van der Waals surface area contributed by atoms with E-state index in [1.165, 1.54) is 0 Å². The molecule has 1 atom stereocenters. The molecule has 0 fully saturated rings. The van der Waals surface area contributed by atoms with Crippen LogP contribution in [0.4, 0.5) is 0 Å². The number of rotatable bonds is 7. The summed E-state index contributed by atoms with van der Waals surface area (Å²) in [6.45, 7) is 2.10. The summed E-state index contributed by atoms with van der Waals surface area (Å²) in [5.74, 6) is 0.672. The van der Waals surface area contributed by atoms with Gasteiger partial charge in [0.2, 0.25) is 6.29 Å². The quantitative estimate of drug-likeness (QED) is 0.684. The van der Waals surface area contributed by atoms with Gasteiger partial charge in [0.25, 0.3) is 0 Å². The third kappa shape index (κ3) is 3.73. The summed E-state index contributed by atoms with van der Waals surface area (Å²) in [4.78, 5) is 8.65. The Bertz CT molecular complexity index is 329. The van der Waals surface area contributed by atoms with Gasteiger partial charge in [-0.25, -0.2) is 9.97 Å². The number of hydrogen-bond donors (Lipinski definition) is 0. The Morgan fingerprint density at radius 1 is 1.18 bits per heavy atom. The molecule has 0 bridgehead atoms. The summed E-state index contributed by atoms with van der Waals surface area (Å²) in [6, 6.07) is 1.78. The van der Waals surface area contributed by atoms with Crippen molar-refractivity contribution in [3.05, 3.63) is 23.8 Å². The second-order valence-corrected chi connectivity index (χ2v) is 3.66. The molecule has 0 radical (unpaired) electrons. The lowest BCUT2D eigenvalue weighted by Gasteiger charge is -2.16. The van der Waals surface area contributed by atoms with Crippen LogP contribution in [0, 0.1) is 0 Å². The predicted molar refractivity (Wildman–Crippen MR) is 63.4 cm³/mol. The number of hydrogen-bond acceptors (Lipinski definition) is 5. The highest BCUT2D eigenvalue weighted by atomic mass is 16.7. The van der Waals surface area contributed by atoms with E-state index in [0.717, 1.165) is 12.8 Å². The second-order valence-electron chi connectivity index (χ2n) is 3.66. The van der Waals surface area contributed by atoms with E-state index in [-0.39, 0.29) is 6.10 Å². The van der Waals surface area contributed by atoms with Gasteiger partial charge >= 0.3 is 0 Å². The number of methoxy groups -OCH3 is 3. The third-order valence-corrected chi connectivity index (χ3v) is 2.49. The minimum atomic E-state index is -0.462. The standard InChI is InChI=1S/C12H20N2O3/c1-5-6-10(15-2)11-13-8-7-9(14-11)12(16-3)17-4/h7-8,10,12H,5-6H2,1-4H3. The fourth-order valence-corrected chi connectivity index (χ4v) is 1.63. The van der Waals surface area contributed by atoms with E-state index in [1.807, 2.05) is 0 Å². The summed E-state index contributed by atoms with van der Waals surface area (Å²) >= 11 is 0. The first kappa shape index (κ1) is 14.0. The SMILES string of the molecule is CCCC(OC)c1nccc(C(OC)OC)n1. The molecular formula is C12H20N2O3. The molecule has 5 heteroatoms. The third-order valence-electron chi connectivity index (χ3n) is 2.49. The van der Waals surface area contributed by atoms with Crippen molar-refractivity contribution in [2.24, 2.45) is 0 Å². The highest BCUT2D eigenvalue weighted by Gasteiger charge is 2.16. The molecule has 0 spiro atoms. The van der Waals surface area contributed by atoms with Crippen LogP contribution in [0.3, 0.4) is 0 Å². The van der Waals surface area contributed by atoms with Crippen molar-refractivity contribution in [2.75, 3.05) is 21.3 Å². The Kier molecular flexibility index (Phi) is 6.04. The smallest absolute Gasteiger partial charge is 0.200 e. The number of aromatic nitrogens is 2. The topological polar surface area (TPSA) is 53.5 Å². The van der Waals surface area contributed by atoms with Crippen LogP contribution in [0.15, 0.2) is 12.3 Å². The van der Waals surface area contributed by atoms with Gasteiger partial charge in [0, 0.05) is 27.5 Å². The zero-order chi connectivity index (χ0) is 12.7. The molecule has 96 valence electrons. The summed E-state index contributed by atoms with van der Waals surface area (Å²) in [6.07, 6.45) is 3.07. The molecular weight excluding hydrogens is 220 g/mol. The molecule has 5 nitrogen and oxygen atoms in total. The van der Waals surface area contributed by atoms with Gasteiger partial charge in [-0.3, -0.25) is 0 Å². The van der Waals surface area contributed by atoms with Crippen molar-refractivity contribution in [2.45, 2.75) is 32.2 Å². The van der Waals surface area contributed by atoms with Gasteiger partial charge in [-0.15, -0.1) is 0 Å². The van der Waals surface area contributed by atoms with E-state index >= 15 is 0 Å². The molecule has 1 rings (SSSR count). The number of ether oxygens (including phenoxy) is 3. The first-order valence-corrected chi connectivity index (χ1v) is 5.68. The van der Waals surface area contributed by atoms with Gasteiger partial charge < -0.3 is 14.2 Å². The Balaban J connectivity index is 2.90. The summed E-state index contributed by atoms with van der Waals surface area (Å²) in [5.41, 5.74) is 0.707. The number of nitrogens with zero attached hydrogens (tertiary/aromatic N) is 2. The van der Waals surface area contributed by atoms with Crippen molar-refractivity contribution in [1.29, 1.82) is 0 Å². The van der Waals surface area contributed by atoms with Crippen LogP contribution in [-0.4, -0.2) is 31.3 Å².